The number of methoxy groups -OCH3 is 2. The number of hydrogen-bond donors (Lipinski definition) is 0. The molecule has 6 heteroatoms. The second-order valence-electron chi connectivity index (χ2n) is 5.05. The quantitative estimate of drug-likeness (QED) is 0.569. The topological polar surface area (TPSA) is 65.1 Å². The molecule has 1 heterocycles. The highest BCUT2D eigenvalue weighted by molar-refractivity contribution is 5.98. The summed E-state index contributed by atoms with van der Waals surface area (Å²) in [7, 11) is 2.96. The van der Waals surface area contributed by atoms with Gasteiger partial charge < -0.3 is 19.1 Å². The van der Waals surface area contributed by atoms with Crippen molar-refractivity contribution < 1.29 is 23.8 Å². The van der Waals surface area contributed by atoms with Crippen molar-refractivity contribution in [3.05, 3.63) is 23.8 Å². The minimum Gasteiger partial charge on any atom is -0.493 e. The van der Waals surface area contributed by atoms with Crippen LogP contribution in [0.4, 0.5) is 5.69 Å². The third kappa shape index (κ3) is 3.98. The van der Waals surface area contributed by atoms with E-state index in [0.717, 1.165) is 12.8 Å². The molecule has 0 bridgehead atoms. The number of rotatable bonds is 7. The number of anilines is 1. The highest BCUT2D eigenvalue weighted by Gasteiger charge is 2.23. The molecule has 0 saturated carbocycles. The molecular weight excluding hydrogens is 286 g/mol. The number of carbonyl (C=O) groups is 2. The molecule has 0 atom stereocenters. The first-order valence-corrected chi connectivity index (χ1v) is 7.31. The Morgan fingerprint density at radius 3 is 2.68 bits per heavy atom. The second kappa shape index (κ2) is 7.79. The highest BCUT2D eigenvalue weighted by atomic mass is 16.5. The molecule has 1 aromatic carbocycles. The van der Waals surface area contributed by atoms with E-state index < -0.39 is 5.97 Å². The zero-order valence-corrected chi connectivity index (χ0v) is 13.0. The molecule has 1 saturated heterocycles. The molecule has 1 fully saturated rings. The van der Waals surface area contributed by atoms with Gasteiger partial charge in [0.1, 0.15) is 5.75 Å². The van der Waals surface area contributed by atoms with Gasteiger partial charge >= 0.3 is 5.97 Å². The van der Waals surface area contributed by atoms with E-state index in [2.05, 4.69) is 0 Å². The van der Waals surface area contributed by atoms with Crippen LogP contribution in [0.1, 0.15) is 29.6 Å². The first kappa shape index (κ1) is 16.3. The third-order valence-corrected chi connectivity index (χ3v) is 3.46. The number of nitrogens with zero attached hydrogens (tertiary/aromatic N) is 1. The summed E-state index contributed by atoms with van der Waals surface area (Å²) < 4.78 is 15.4. The SMILES string of the molecule is COCCCOc1cc(C(=O)OC)cc(N2CCCC2=O)c1. The number of esters is 1. The van der Waals surface area contributed by atoms with E-state index in [4.69, 9.17) is 14.2 Å². The summed E-state index contributed by atoms with van der Waals surface area (Å²) in [5.41, 5.74) is 1.05. The van der Waals surface area contributed by atoms with Crippen LogP contribution in [-0.2, 0) is 14.3 Å². The van der Waals surface area contributed by atoms with Crippen LogP contribution in [0.5, 0.6) is 5.75 Å². The maximum absolute atomic E-state index is 11.9. The van der Waals surface area contributed by atoms with Crippen LogP contribution in [0.2, 0.25) is 0 Å². The van der Waals surface area contributed by atoms with Crippen LogP contribution in [0.15, 0.2) is 18.2 Å². The Labute approximate surface area is 129 Å². The van der Waals surface area contributed by atoms with E-state index in [1.165, 1.54) is 7.11 Å². The van der Waals surface area contributed by atoms with E-state index >= 15 is 0 Å². The fraction of sp³-hybridized carbons (Fsp3) is 0.500. The number of benzene rings is 1. The monoisotopic (exact) mass is 307 g/mol. The molecule has 120 valence electrons. The largest absolute Gasteiger partial charge is 0.493 e. The van der Waals surface area contributed by atoms with Gasteiger partial charge in [0.15, 0.2) is 0 Å². The van der Waals surface area contributed by atoms with Crippen molar-refractivity contribution in [3.8, 4) is 5.75 Å². The molecule has 6 nitrogen and oxygen atoms in total. The van der Waals surface area contributed by atoms with Crippen molar-refractivity contribution in [1.82, 2.24) is 0 Å². The molecule has 0 unspecified atom stereocenters. The smallest absolute Gasteiger partial charge is 0.338 e. The van der Waals surface area contributed by atoms with E-state index in [1.807, 2.05) is 0 Å². The van der Waals surface area contributed by atoms with Crippen molar-refractivity contribution >= 4 is 17.6 Å². The lowest BCUT2D eigenvalue weighted by molar-refractivity contribution is -0.117. The zero-order valence-electron chi connectivity index (χ0n) is 13.0. The molecule has 1 aliphatic rings. The molecular formula is C16H21NO5. The van der Waals surface area contributed by atoms with Crippen LogP contribution >= 0.6 is 0 Å². The Balaban J connectivity index is 2.20. The van der Waals surface area contributed by atoms with Gasteiger partial charge in [0.25, 0.3) is 0 Å². The molecule has 22 heavy (non-hydrogen) atoms. The Hall–Kier alpha value is -2.08. The Bertz CT molecular complexity index is 543. The molecule has 1 aromatic rings. The van der Waals surface area contributed by atoms with Crippen LogP contribution in [0.25, 0.3) is 0 Å². The minimum atomic E-state index is -0.449. The summed E-state index contributed by atoms with van der Waals surface area (Å²) in [4.78, 5) is 25.4. The third-order valence-electron chi connectivity index (χ3n) is 3.46. The summed E-state index contributed by atoms with van der Waals surface area (Å²) >= 11 is 0. The summed E-state index contributed by atoms with van der Waals surface area (Å²) in [5, 5.41) is 0. The van der Waals surface area contributed by atoms with Crippen molar-refractivity contribution in [2.45, 2.75) is 19.3 Å². The molecule has 0 aliphatic carbocycles. The predicted octanol–water partition coefficient (Wildman–Crippen LogP) is 2.02. The van der Waals surface area contributed by atoms with Gasteiger partial charge in [-0.25, -0.2) is 4.79 Å². The standard InChI is InChI=1S/C16H21NO5/c1-20-7-4-8-22-14-10-12(16(19)21-2)9-13(11-14)17-6-3-5-15(17)18/h9-11H,3-8H2,1-2H3. The maximum atomic E-state index is 11.9. The van der Waals surface area contributed by atoms with E-state index in [9.17, 15) is 9.59 Å². The minimum absolute atomic E-state index is 0.0624. The van der Waals surface area contributed by atoms with Gasteiger partial charge in [0.2, 0.25) is 5.91 Å². The summed E-state index contributed by atoms with van der Waals surface area (Å²) in [6.45, 7) is 1.74. The van der Waals surface area contributed by atoms with Crippen molar-refractivity contribution in [3.63, 3.8) is 0 Å². The lowest BCUT2D eigenvalue weighted by Gasteiger charge is -2.18. The van der Waals surface area contributed by atoms with Crippen LogP contribution in [0, 0.1) is 0 Å². The van der Waals surface area contributed by atoms with Crippen LogP contribution in [-0.4, -0.2) is 45.9 Å². The molecule has 2 rings (SSSR count). The van der Waals surface area contributed by atoms with Crippen molar-refractivity contribution in [2.24, 2.45) is 0 Å². The summed E-state index contributed by atoms with van der Waals surface area (Å²) in [5.74, 6) is 0.163. The Morgan fingerprint density at radius 1 is 1.23 bits per heavy atom. The zero-order chi connectivity index (χ0) is 15.9. The fourth-order valence-corrected chi connectivity index (χ4v) is 2.37. The van der Waals surface area contributed by atoms with Crippen molar-refractivity contribution in [2.75, 3.05) is 38.9 Å². The number of hydrogen-bond acceptors (Lipinski definition) is 5. The van der Waals surface area contributed by atoms with E-state index in [1.54, 1.807) is 30.2 Å². The molecule has 0 N–H and O–H groups in total. The molecule has 0 aromatic heterocycles. The van der Waals surface area contributed by atoms with Crippen LogP contribution < -0.4 is 9.64 Å². The predicted molar refractivity (Wildman–Crippen MR) is 81.4 cm³/mol. The molecule has 0 radical (unpaired) electrons. The normalized spacial score (nSPS) is 14.3. The second-order valence-corrected chi connectivity index (χ2v) is 5.05. The van der Waals surface area contributed by atoms with Gasteiger partial charge in [-0.1, -0.05) is 0 Å². The molecule has 1 aliphatic heterocycles. The lowest BCUT2D eigenvalue weighted by Crippen LogP contribution is -2.24. The number of amides is 1. The first-order valence-electron chi connectivity index (χ1n) is 7.31. The maximum Gasteiger partial charge on any atom is 0.338 e. The van der Waals surface area contributed by atoms with Crippen molar-refractivity contribution in [1.29, 1.82) is 0 Å². The van der Waals surface area contributed by atoms with E-state index in [0.29, 0.717) is 43.2 Å². The number of ether oxygens (including phenoxy) is 3. The fourth-order valence-electron chi connectivity index (χ4n) is 2.37. The number of carbonyl (C=O) groups excluding carboxylic acids is 2. The average Bonchev–Trinajstić information content (AvgIpc) is 2.96. The average molecular weight is 307 g/mol. The first-order chi connectivity index (χ1) is 10.7. The lowest BCUT2D eigenvalue weighted by atomic mass is 10.1. The summed E-state index contributed by atoms with van der Waals surface area (Å²) in [6, 6.07) is 5.07. The van der Waals surface area contributed by atoms with E-state index in [-0.39, 0.29) is 5.91 Å². The van der Waals surface area contributed by atoms with Gasteiger partial charge in [-0.05, 0) is 18.6 Å². The Kier molecular flexibility index (Phi) is 5.77. The molecule has 1 amide bonds. The Morgan fingerprint density at radius 2 is 2.05 bits per heavy atom. The molecule has 0 spiro atoms. The van der Waals surface area contributed by atoms with Gasteiger partial charge in [0.05, 0.1) is 19.3 Å². The van der Waals surface area contributed by atoms with Gasteiger partial charge in [-0.3, -0.25) is 4.79 Å². The summed E-state index contributed by atoms with van der Waals surface area (Å²) in [6.07, 6.45) is 2.11. The van der Waals surface area contributed by atoms with Gasteiger partial charge in [-0.2, -0.15) is 0 Å². The van der Waals surface area contributed by atoms with Gasteiger partial charge in [0, 0.05) is 44.9 Å². The van der Waals surface area contributed by atoms with Gasteiger partial charge in [-0.15, -0.1) is 0 Å². The highest BCUT2D eigenvalue weighted by Crippen LogP contribution is 2.28. The van der Waals surface area contributed by atoms with Crippen LogP contribution in [0.3, 0.4) is 0 Å².